The third-order valence-electron chi connectivity index (χ3n) is 6.36. The van der Waals surface area contributed by atoms with Crippen LogP contribution in [0.2, 0.25) is 0 Å². The molecule has 2 N–H and O–H groups in total. The number of alkyl halides is 2. The SMILES string of the molecule is Cl.NC1CCC2CN(C(=O)C3CCCN3C(=O)c3ccccc3OC(F)F)CC12. The van der Waals surface area contributed by atoms with Crippen molar-refractivity contribution < 1.29 is 23.1 Å². The first-order chi connectivity index (χ1) is 13.5. The minimum absolute atomic E-state index is 0. The van der Waals surface area contributed by atoms with Crippen molar-refractivity contribution in [3.8, 4) is 5.75 Å². The summed E-state index contributed by atoms with van der Waals surface area (Å²) < 4.78 is 29.8. The lowest BCUT2D eigenvalue weighted by Gasteiger charge is -2.29. The fourth-order valence-corrected chi connectivity index (χ4v) is 4.96. The molecule has 9 heteroatoms. The summed E-state index contributed by atoms with van der Waals surface area (Å²) in [6.45, 7) is -1.24. The summed E-state index contributed by atoms with van der Waals surface area (Å²) in [6, 6.07) is 5.52. The van der Waals surface area contributed by atoms with Crippen LogP contribution in [0.1, 0.15) is 36.0 Å². The van der Waals surface area contributed by atoms with Crippen LogP contribution in [0.3, 0.4) is 0 Å². The normalized spacial score (nSPS) is 28.4. The predicted octanol–water partition coefficient (Wildman–Crippen LogP) is 2.51. The van der Waals surface area contributed by atoms with Crippen molar-refractivity contribution in [2.75, 3.05) is 19.6 Å². The molecule has 3 fully saturated rings. The molecule has 1 aromatic rings. The van der Waals surface area contributed by atoms with Gasteiger partial charge in [0.05, 0.1) is 5.56 Å². The number of carbonyl (C=O) groups is 2. The summed E-state index contributed by atoms with van der Waals surface area (Å²) in [5.41, 5.74) is 6.22. The van der Waals surface area contributed by atoms with Gasteiger partial charge in [-0.2, -0.15) is 8.78 Å². The Morgan fingerprint density at radius 2 is 1.90 bits per heavy atom. The second kappa shape index (κ2) is 8.83. The number of nitrogens with two attached hydrogens (primary N) is 1. The third-order valence-corrected chi connectivity index (χ3v) is 6.36. The molecular formula is C20H26ClF2N3O3. The summed E-state index contributed by atoms with van der Waals surface area (Å²) in [5.74, 6) is 0.129. The molecular weight excluding hydrogens is 404 g/mol. The van der Waals surface area contributed by atoms with Gasteiger partial charge in [-0.25, -0.2) is 0 Å². The largest absolute Gasteiger partial charge is 0.434 e. The molecule has 1 aromatic carbocycles. The Bertz CT molecular complexity index is 766. The van der Waals surface area contributed by atoms with Crippen LogP contribution >= 0.6 is 12.4 Å². The first-order valence-corrected chi connectivity index (χ1v) is 9.85. The Balaban J connectivity index is 0.00000240. The highest BCUT2D eigenvalue weighted by molar-refractivity contribution is 6.00. The Morgan fingerprint density at radius 3 is 2.62 bits per heavy atom. The number of halogens is 3. The number of likely N-dealkylation sites (tertiary alicyclic amines) is 2. The van der Waals surface area contributed by atoms with Crippen molar-refractivity contribution in [2.45, 2.75) is 44.4 Å². The van der Waals surface area contributed by atoms with Crippen LogP contribution in [0.15, 0.2) is 24.3 Å². The van der Waals surface area contributed by atoms with Gasteiger partial charge in [0.1, 0.15) is 11.8 Å². The van der Waals surface area contributed by atoms with E-state index >= 15 is 0 Å². The molecule has 6 nitrogen and oxygen atoms in total. The van der Waals surface area contributed by atoms with Gasteiger partial charge in [-0.3, -0.25) is 9.59 Å². The second-order valence-electron chi connectivity index (χ2n) is 7.94. The smallest absolute Gasteiger partial charge is 0.387 e. The maximum absolute atomic E-state index is 13.1. The molecule has 1 saturated carbocycles. The Kier molecular flexibility index (Phi) is 6.63. The van der Waals surface area contributed by atoms with Gasteiger partial charge in [0.2, 0.25) is 5.91 Å². The zero-order chi connectivity index (χ0) is 19.8. The fourth-order valence-electron chi connectivity index (χ4n) is 4.96. The van der Waals surface area contributed by atoms with E-state index in [9.17, 15) is 18.4 Å². The number of para-hydroxylation sites is 1. The fraction of sp³-hybridized carbons (Fsp3) is 0.600. The van der Waals surface area contributed by atoms with Gasteiger partial charge in [-0.05, 0) is 49.7 Å². The number of hydrogen-bond acceptors (Lipinski definition) is 4. The van der Waals surface area contributed by atoms with E-state index in [1.807, 2.05) is 4.90 Å². The van der Waals surface area contributed by atoms with Crippen molar-refractivity contribution in [2.24, 2.45) is 17.6 Å². The third kappa shape index (κ3) is 4.19. The highest BCUT2D eigenvalue weighted by Crippen LogP contribution is 2.38. The number of benzene rings is 1. The van der Waals surface area contributed by atoms with Gasteiger partial charge in [-0.15, -0.1) is 12.4 Å². The lowest BCUT2D eigenvalue weighted by Crippen LogP contribution is -2.47. The number of ether oxygens (including phenoxy) is 1. The summed E-state index contributed by atoms with van der Waals surface area (Å²) in [7, 11) is 0. The average Bonchev–Trinajstić information content (AvgIpc) is 3.38. The zero-order valence-electron chi connectivity index (χ0n) is 16.0. The molecule has 2 saturated heterocycles. The molecule has 160 valence electrons. The van der Waals surface area contributed by atoms with Gasteiger partial charge in [-0.1, -0.05) is 12.1 Å². The van der Waals surface area contributed by atoms with Crippen molar-refractivity contribution in [1.29, 1.82) is 0 Å². The van der Waals surface area contributed by atoms with E-state index < -0.39 is 18.6 Å². The summed E-state index contributed by atoms with van der Waals surface area (Å²) in [6.07, 6.45) is 3.34. The van der Waals surface area contributed by atoms with Crippen LogP contribution in [0.25, 0.3) is 0 Å². The Morgan fingerprint density at radius 1 is 1.14 bits per heavy atom. The Labute approximate surface area is 174 Å². The lowest BCUT2D eigenvalue weighted by molar-refractivity contribution is -0.134. The summed E-state index contributed by atoms with van der Waals surface area (Å²) in [4.78, 5) is 29.5. The van der Waals surface area contributed by atoms with Crippen LogP contribution < -0.4 is 10.5 Å². The number of hydrogen-bond donors (Lipinski definition) is 1. The molecule has 0 radical (unpaired) electrons. The molecule has 4 atom stereocenters. The molecule has 2 heterocycles. The topological polar surface area (TPSA) is 75.9 Å². The zero-order valence-corrected chi connectivity index (χ0v) is 16.8. The highest BCUT2D eigenvalue weighted by Gasteiger charge is 2.45. The first-order valence-electron chi connectivity index (χ1n) is 9.85. The molecule has 29 heavy (non-hydrogen) atoms. The standard InChI is InChI=1S/C20H25F2N3O3.ClH/c21-20(22)28-17-6-2-1-4-13(17)18(26)25-9-3-5-16(25)19(27)24-10-12-7-8-15(23)14(12)11-24;/h1-2,4,6,12,14-16,20H,3,5,7-11,23H2;1H. The number of carbonyl (C=O) groups excluding carboxylic acids is 2. The number of rotatable bonds is 4. The molecule has 0 spiro atoms. The molecule has 0 aromatic heterocycles. The second-order valence-corrected chi connectivity index (χ2v) is 7.94. The summed E-state index contributed by atoms with van der Waals surface area (Å²) >= 11 is 0. The van der Waals surface area contributed by atoms with Crippen molar-refractivity contribution >= 4 is 24.2 Å². The molecule has 2 aliphatic heterocycles. The Hall–Kier alpha value is -1.93. The summed E-state index contributed by atoms with van der Waals surface area (Å²) in [5, 5.41) is 0. The van der Waals surface area contributed by atoms with Crippen LogP contribution in [0, 0.1) is 11.8 Å². The van der Waals surface area contributed by atoms with E-state index in [1.54, 1.807) is 6.07 Å². The number of fused-ring (bicyclic) bond motifs is 1. The van der Waals surface area contributed by atoms with Gasteiger partial charge < -0.3 is 20.3 Å². The molecule has 4 unspecified atom stereocenters. The van der Waals surface area contributed by atoms with Gasteiger partial charge in [0, 0.05) is 25.7 Å². The maximum Gasteiger partial charge on any atom is 0.387 e. The molecule has 4 rings (SSSR count). The average molecular weight is 430 g/mol. The highest BCUT2D eigenvalue weighted by atomic mass is 35.5. The monoisotopic (exact) mass is 429 g/mol. The van der Waals surface area contributed by atoms with Crippen molar-refractivity contribution in [3.05, 3.63) is 29.8 Å². The van der Waals surface area contributed by atoms with Crippen molar-refractivity contribution in [3.63, 3.8) is 0 Å². The van der Waals surface area contributed by atoms with Gasteiger partial charge in [0.25, 0.3) is 5.91 Å². The molecule has 1 aliphatic carbocycles. The predicted molar refractivity (Wildman–Crippen MR) is 105 cm³/mol. The van der Waals surface area contributed by atoms with Crippen LogP contribution in [0.5, 0.6) is 5.75 Å². The number of nitrogens with zero attached hydrogens (tertiary/aromatic N) is 2. The van der Waals surface area contributed by atoms with E-state index in [4.69, 9.17) is 5.73 Å². The van der Waals surface area contributed by atoms with E-state index in [-0.39, 0.29) is 35.7 Å². The van der Waals surface area contributed by atoms with Gasteiger partial charge >= 0.3 is 6.61 Å². The van der Waals surface area contributed by atoms with Crippen molar-refractivity contribution in [1.82, 2.24) is 9.80 Å². The van der Waals surface area contributed by atoms with E-state index in [0.29, 0.717) is 44.3 Å². The van der Waals surface area contributed by atoms with Crippen LogP contribution in [-0.2, 0) is 4.79 Å². The minimum atomic E-state index is -3.02. The van der Waals surface area contributed by atoms with E-state index in [0.717, 1.165) is 12.8 Å². The quantitative estimate of drug-likeness (QED) is 0.798. The molecule has 3 aliphatic rings. The van der Waals surface area contributed by atoms with Crippen LogP contribution in [-0.4, -0.2) is 59.9 Å². The van der Waals surface area contributed by atoms with E-state index in [1.165, 1.54) is 23.1 Å². The maximum atomic E-state index is 13.1. The van der Waals surface area contributed by atoms with Gasteiger partial charge in [0.15, 0.2) is 0 Å². The van der Waals surface area contributed by atoms with E-state index in [2.05, 4.69) is 4.74 Å². The lowest BCUT2D eigenvalue weighted by atomic mass is 9.98. The molecule has 0 bridgehead atoms. The number of amides is 2. The molecule has 2 amide bonds. The first kappa shape index (κ1) is 21.8. The van der Waals surface area contributed by atoms with Crippen LogP contribution in [0.4, 0.5) is 8.78 Å². The minimum Gasteiger partial charge on any atom is -0.434 e.